The molecular formula is C24H23N3O2S2. The number of nitrogens with one attached hydrogen (secondary N) is 1. The number of rotatable bonds is 7. The van der Waals surface area contributed by atoms with E-state index < -0.39 is 5.25 Å². The largest absolute Gasteiger partial charge is 0.492 e. The fourth-order valence-corrected chi connectivity index (χ4v) is 5.52. The van der Waals surface area contributed by atoms with Crippen LogP contribution in [0.5, 0.6) is 5.75 Å². The molecule has 0 bridgehead atoms. The summed E-state index contributed by atoms with van der Waals surface area (Å²) in [7, 11) is 0. The molecule has 2 heterocycles. The summed E-state index contributed by atoms with van der Waals surface area (Å²) in [4.78, 5) is 24.6. The van der Waals surface area contributed by atoms with Gasteiger partial charge in [-0.25, -0.2) is 9.97 Å². The Labute approximate surface area is 189 Å². The van der Waals surface area contributed by atoms with Gasteiger partial charge < -0.3 is 10.1 Å². The average Bonchev–Trinajstić information content (AvgIpc) is 3.08. The van der Waals surface area contributed by atoms with Crippen molar-refractivity contribution in [2.75, 3.05) is 11.9 Å². The lowest BCUT2D eigenvalue weighted by molar-refractivity contribution is -0.115. The first-order valence-electron chi connectivity index (χ1n) is 10.0. The predicted octanol–water partition coefficient (Wildman–Crippen LogP) is 6.18. The van der Waals surface area contributed by atoms with Crippen molar-refractivity contribution in [3.63, 3.8) is 0 Å². The minimum Gasteiger partial charge on any atom is -0.492 e. The van der Waals surface area contributed by atoms with Gasteiger partial charge in [0.15, 0.2) is 0 Å². The second kappa shape index (κ2) is 9.49. The first-order chi connectivity index (χ1) is 15.1. The third kappa shape index (κ3) is 4.57. The lowest BCUT2D eigenvalue weighted by Gasteiger charge is -2.18. The Balaban J connectivity index is 1.71. The number of ether oxygens (including phenoxy) is 1. The SMILES string of the molecule is CCOc1ccccc1NC(=O)[C@H](Sc1ncnc2sc(C)c(C)c12)c1ccccc1. The number of thioether (sulfide) groups is 1. The molecular weight excluding hydrogens is 426 g/mol. The Kier molecular flexibility index (Phi) is 6.53. The molecule has 0 unspecified atom stereocenters. The molecule has 158 valence electrons. The maximum atomic E-state index is 13.5. The van der Waals surface area contributed by atoms with Gasteiger partial charge in [0.05, 0.1) is 12.3 Å². The normalized spacial score (nSPS) is 12.0. The van der Waals surface area contributed by atoms with Crippen LogP contribution in [0.1, 0.15) is 28.2 Å². The van der Waals surface area contributed by atoms with Crippen LogP contribution in [0.25, 0.3) is 10.2 Å². The van der Waals surface area contributed by atoms with Gasteiger partial charge >= 0.3 is 0 Å². The van der Waals surface area contributed by atoms with Crippen LogP contribution in [0, 0.1) is 13.8 Å². The molecule has 0 fully saturated rings. The lowest BCUT2D eigenvalue weighted by atomic mass is 10.1. The molecule has 0 saturated heterocycles. The summed E-state index contributed by atoms with van der Waals surface area (Å²) in [6.45, 7) is 6.62. The van der Waals surface area contributed by atoms with Gasteiger partial charge in [-0.2, -0.15) is 0 Å². The molecule has 1 amide bonds. The number of fused-ring (bicyclic) bond motifs is 1. The quantitative estimate of drug-likeness (QED) is 0.270. The van der Waals surface area contributed by atoms with Crippen LogP contribution in [0.3, 0.4) is 0 Å². The number of thiophene rings is 1. The summed E-state index contributed by atoms with van der Waals surface area (Å²) >= 11 is 3.10. The number of aromatic nitrogens is 2. The lowest BCUT2D eigenvalue weighted by Crippen LogP contribution is -2.19. The number of amides is 1. The smallest absolute Gasteiger partial charge is 0.242 e. The second-order valence-electron chi connectivity index (χ2n) is 6.97. The van der Waals surface area contributed by atoms with Crippen LogP contribution < -0.4 is 10.1 Å². The van der Waals surface area contributed by atoms with Crippen molar-refractivity contribution in [1.29, 1.82) is 0 Å². The van der Waals surface area contributed by atoms with Crippen molar-refractivity contribution in [2.45, 2.75) is 31.0 Å². The standard InChI is InChI=1S/C24H23N3O2S2/c1-4-29-19-13-9-8-12-18(19)27-22(28)21(17-10-6-5-7-11-17)31-24-20-15(2)16(3)30-23(20)25-14-26-24/h5-14,21H,4H2,1-3H3,(H,27,28)/t21-/m1/s1. The molecule has 0 saturated carbocycles. The van der Waals surface area contributed by atoms with Crippen molar-refractivity contribution in [2.24, 2.45) is 0 Å². The van der Waals surface area contributed by atoms with Gasteiger partial charge in [-0.1, -0.05) is 54.2 Å². The van der Waals surface area contributed by atoms with Crippen LogP contribution in [0.2, 0.25) is 0 Å². The molecule has 2 aromatic heterocycles. The van der Waals surface area contributed by atoms with Crippen LogP contribution in [-0.2, 0) is 4.79 Å². The van der Waals surface area contributed by atoms with Crippen LogP contribution in [0.15, 0.2) is 66.0 Å². The van der Waals surface area contributed by atoms with Crippen molar-refractivity contribution in [3.8, 4) is 5.75 Å². The van der Waals surface area contributed by atoms with E-state index in [1.807, 2.05) is 61.5 Å². The van der Waals surface area contributed by atoms with E-state index in [-0.39, 0.29) is 5.91 Å². The Morgan fingerprint density at radius 3 is 2.61 bits per heavy atom. The van der Waals surface area contributed by atoms with Crippen LogP contribution in [0.4, 0.5) is 5.69 Å². The maximum absolute atomic E-state index is 13.5. The van der Waals surface area contributed by atoms with E-state index in [1.165, 1.54) is 16.6 Å². The Morgan fingerprint density at radius 1 is 1.10 bits per heavy atom. The molecule has 0 aliphatic carbocycles. The number of hydrogen-bond acceptors (Lipinski definition) is 6. The summed E-state index contributed by atoms with van der Waals surface area (Å²) in [6.07, 6.45) is 1.57. The molecule has 0 aliphatic heterocycles. The van der Waals surface area contributed by atoms with Crippen molar-refractivity contribution in [1.82, 2.24) is 9.97 Å². The van der Waals surface area contributed by atoms with Gasteiger partial charge in [0, 0.05) is 10.3 Å². The molecule has 5 nitrogen and oxygen atoms in total. The van der Waals surface area contributed by atoms with E-state index in [0.717, 1.165) is 26.4 Å². The van der Waals surface area contributed by atoms with Crippen LogP contribution in [-0.4, -0.2) is 22.5 Å². The first-order valence-corrected chi connectivity index (χ1v) is 11.7. The Morgan fingerprint density at radius 2 is 1.84 bits per heavy atom. The van der Waals surface area contributed by atoms with Gasteiger partial charge in [-0.05, 0) is 44.0 Å². The Hall–Kier alpha value is -2.90. The van der Waals surface area contributed by atoms with Crippen molar-refractivity contribution < 1.29 is 9.53 Å². The molecule has 7 heteroatoms. The van der Waals surface area contributed by atoms with Crippen molar-refractivity contribution >= 4 is 44.9 Å². The van der Waals surface area contributed by atoms with E-state index in [4.69, 9.17) is 4.74 Å². The molecule has 1 atom stereocenters. The molecule has 31 heavy (non-hydrogen) atoms. The highest BCUT2D eigenvalue weighted by Crippen LogP contribution is 2.41. The van der Waals surface area contributed by atoms with Gasteiger partial charge in [0.1, 0.15) is 27.2 Å². The average molecular weight is 450 g/mol. The summed E-state index contributed by atoms with van der Waals surface area (Å²) in [5.74, 6) is 0.531. The summed E-state index contributed by atoms with van der Waals surface area (Å²) in [6, 6.07) is 17.3. The number of nitrogens with zero attached hydrogens (tertiary/aromatic N) is 2. The third-order valence-electron chi connectivity index (χ3n) is 4.95. The predicted molar refractivity (Wildman–Crippen MR) is 128 cm³/mol. The van der Waals surface area contributed by atoms with Crippen LogP contribution >= 0.6 is 23.1 Å². The number of carbonyl (C=O) groups excluding carboxylic acids is 1. The number of para-hydroxylation sites is 2. The molecule has 2 aromatic carbocycles. The van der Waals surface area contributed by atoms with E-state index in [0.29, 0.717) is 18.0 Å². The Bertz CT molecular complexity index is 1210. The third-order valence-corrected chi connectivity index (χ3v) is 7.32. The highest BCUT2D eigenvalue weighted by Gasteiger charge is 2.25. The molecule has 4 aromatic rings. The number of carbonyl (C=O) groups is 1. The maximum Gasteiger partial charge on any atom is 0.242 e. The fraction of sp³-hybridized carbons (Fsp3) is 0.208. The minimum atomic E-state index is -0.478. The van der Waals surface area contributed by atoms with E-state index in [2.05, 4.69) is 29.1 Å². The summed E-state index contributed by atoms with van der Waals surface area (Å²) in [5, 5.41) is 4.42. The highest BCUT2D eigenvalue weighted by molar-refractivity contribution is 8.00. The summed E-state index contributed by atoms with van der Waals surface area (Å²) < 4.78 is 5.68. The van der Waals surface area contributed by atoms with Crippen molar-refractivity contribution in [3.05, 3.63) is 76.9 Å². The molecule has 0 radical (unpaired) electrons. The fourth-order valence-electron chi connectivity index (χ4n) is 3.30. The van der Waals surface area contributed by atoms with E-state index >= 15 is 0 Å². The van der Waals surface area contributed by atoms with Gasteiger partial charge in [0.2, 0.25) is 5.91 Å². The second-order valence-corrected chi connectivity index (χ2v) is 9.27. The molecule has 0 aliphatic rings. The van der Waals surface area contributed by atoms with Gasteiger partial charge in [-0.15, -0.1) is 11.3 Å². The first kappa shape index (κ1) is 21.3. The van der Waals surface area contributed by atoms with Gasteiger partial charge in [-0.3, -0.25) is 4.79 Å². The highest BCUT2D eigenvalue weighted by atomic mass is 32.2. The van der Waals surface area contributed by atoms with E-state index in [9.17, 15) is 4.79 Å². The summed E-state index contributed by atoms with van der Waals surface area (Å²) in [5.41, 5.74) is 2.73. The number of aryl methyl sites for hydroxylation is 2. The zero-order chi connectivity index (χ0) is 21.8. The number of hydrogen-bond donors (Lipinski definition) is 1. The molecule has 1 N–H and O–H groups in total. The topological polar surface area (TPSA) is 64.1 Å². The molecule has 4 rings (SSSR count). The zero-order valence-corrected chi connectivity index (χ0v) is 19.2. The number of benzene rings is 2. The van der Waals surface area contributed by atoms with E-state index in [1.54, 1.807) is 17.7 Å². The zero-order valence-electron chi connectivity index (χ0n) is 17.6. The number of anilines is 1. The monoisotopic (exact) mass is 449 g/mol. The van der Waals surface area contributed by atoms with Gasteiger partial charge in [0.25, 0.3) is 0 Å². The molecule has 0 spiro atoms. The minimum absolute atomic E-state index is 0.125.